The number of carbonyl (C=O) groups excluding carboxylic acids is 1. The number of nitrogens with one attached hydrogen (secondary N) is 1. The first-order valence-electron chi connectivity index (χ1n) is 6.05. The molecule has 1 aromatic rings. The van der Waals surface area contributed by atoms with Crippen molar-refractivity contribution >= 4 is 5.91 Å². The highest BCUT2D eigenvalue weighted by atomic mass is 16.3. The van der Waals surface area contributed by atoms with Crippen molar-refractivity contribution in [1.82, 2.24) is 9.55 Å². The van der Waals surface area contributed by atoms with Gasteiger partial charge in [-0.2, -0.15) is 0 Å². The van der Waals surface area contributed by atoms with Gasteiger partial charge in [-0.25, -0.2) is 4.79 Å². The van der Waals surface area contributed by atoms with E-state index in [4.69, 9.17) is 5.73 Å². The maximum atomic E-state index is 11.7. The highest BCUT2D eigenvalue weighted by Gasteiger charge is 2.28. The first-order valence-corrected chi connectivity index (χ1v) is 6.05. The van der Waals surface area contributed by atoms with E-state index in [2.05, 4.69) is 4.98 Å². The monoisotopic (exact) mass is 269 g/mol. The van der Waals surface area contributed by atoms with Gasteiger partial charge in [0, 0.05) is 6.54 Å². The molecule has 0 fully saturated rings. The predicted octanol–water partition coefficient (Wildman–Crippen LogP) is -0.294. The molecule has 0 saturated heterocycles. The number of carbonyl (C=O) groups is 1. The summed E-state index contributed by atoms with van der Waals surface area (Å²) in [6.45, 7) is 4.87. The number of hydrogen-bond donors (Lipinski definition) is 3. The third-order valence-electron chi connectivity index (χ3n) is 2.99. The van der Waals surface area contributed by atoms with Crippen molar-refractivity contribution in [2.24, 2.45) is 11.1 Å². The van der Waals surface area contributed by atoms with E-state index in [1.165, 1.54) is 0 Å². The third kappa shape index (κ3) is 3.04. The number of aromatic nitrogens is 2. The zero-order valence-electron chi connectivity index (χ0n) is 11.3. The van der Waals surface area contributed by atoms with Gasteiger partial charge in [-0.1, -0.05) is 13.3 Å². The van der Waals surface area contributed by atoms with E-state index in [1.54, 1.807) is 13.8 Å². The van der Waals surface area contributed by atoms with Gasteiger partial charge in [-0.05, 0) is 20.3 Å². The highest BCUT2D eigenvalue weighted by Crippen LogP contribution is 2.20. The molecular weight excluding hydrogens is 250 g/mol. The lowest BCUT2D eigenvalue weighted by Crippen LogP contribution is -2.41. The molecule has 1 rings (SSSR count). The van der Waals surface area contributed by atoms with Crippen molar-refractivity contribution in [3.8, 4) is 5.88 Å². The highest BCUT2D eigenvalue weighted by molar-refractivity contribution is 5.79. The van der Waals surface area contributed by atoms with Crippen LogP contribution in [-0.2, 0) is 17.8 Å². The lowest BCUT2D eigenvalue weighted by molar-refractivity contribution is -0.126. The number of aromatic hydroxyl groups is 1. The van der Waals surface area contributed by atoms with Crippen LogP contribution in [0.2, 0.25) is 0 Å². The van der Waals surface area contributed by atoms with Crippen LogP contribution in [0.5, 0.6) is 5.88 Å². The summed E-state index contributed by atoms with van der Waals surface area (Å²) in [6, 6.07) is 0. The normalized spacial score (nSPS) is 11.5. The number of rotatable bonds is 5. The van der Waals surface area contributed by atoms with Gasteiger partial charge in [0.1, 0.15) is 0 Å². The molecule has 0 aliphatic heterocycles. The van der Waals surface area contributed by atoms with Crippen LogP contribution in [0.3, 0.4) is 0 Å². The molecule has 1 amide bonds. The number of amides is 1. The average Bonchev–Trinajstić information content (AvgIpc) is 2.30. The van der Waals surface area contributed by atoms with Crippen LogP contribution in [0.1, 0.15) is 32.8 Å². The Balaban J connectivity index is 3.37. The van der Waals surface area contributed by atoms with Crippen LogP contribution in [0.25, 0.3) is 0 Å². The van der Waals surface area contributed by atoms with Crippen molar-refractivity contribution in [3.05, 3.63) is 26.4 Å². The summed E-state index contributed by atoms with van der Waals surface area (Å²) in [4.78, 5) is 36.7. The van der Waals surface area contributed by atoms with Gasteiger partial charge >= 0.3 is 5.69 Å². The number of hydrogen-bond acceptors (Lipinski definition) is 4. The number of aromatic amines is 1. The van der Waals surface area contributed by atoms with Gasteiger partial charge in [0.05, 0.1) is 11.0 Å². The van der Waals surface area contributed by atoms with E-state index in [0.29, 0.717) is 12.8 Å². The van der Waals surface area contributed by atoms with E-state index in [-0.39, 0.29) is 12.1 Å². The molecule has 0 radical (unpaired) electrons. The van der Waals surface area contributed by atoms with Crippen LogP contribution in [0, 0.1) is 5.41 Å². The molecule has 1 heterocycles. The zero-order valence-corrected chi connectivity index (χ0v) is 11.3. The first-order chi connectivity index (χ1) is 8.70. The number of nitrogens with zero attached hydrogens (tertiary/aromatic N) is 1. The molecular formula is C12H19N3O4. The Bertz CT molecular complexity index is 598. The topological polar surface area (TPSA) is 118 Å². The summed E-state index contributed by atoms with van der Waals surface area (Å²) >= 11 is 0. The van der Waals surface area contributed by atoms with Crippen LogP contribution >= 0.6 is 0 Å². The Kier molecular flexibility index (Phi) is 4.18. The van der Waals surface area contributed by atoms with E-state index in [1.807, 2.05) is 6.92 Å². The summed E-state index contributed by atoms with van der Waals surface area (Å²) in [7, 11) is 0. The Morgan fingerprint density at radius 3 is 2.47 bits per heavy atom. The van der Waals surface area contributed by atoms with Gasteiger partial charge in [0.25, 0.3) is 5.56 Å². The molecule has 0 aliphatic rings. The van der Waals surface area contributed by atoms with E-state index < -0.39 is 28.5 Å². The SMILES string of the molecule is CCCc1c(O)n(CC(C)(C)C(N)=O)c(=O)[nH]c1=O. The van der Waals surface area contributed by atoms with Gasteiger partial charge in [0.15, 0.2) is 0 Å². The largest absolute Gasteiger partial charge is 0.494 e. The minimum Gasteiger partial charge on any atom is -0.494 e. The van der Waals surface area contributed by atoms with Crippen molar-refractivity contribution in [3.63, 3.8) is 0 Å². The molecule has 4 N–H and O–H groups in total. The molecule has 0 bridgehead atoms. The maximum absolute atomic E-state index is 11.7. The molecule has 106 valence electrons. The molecule has 1 aromatic heterocycles. The van der Waals surface area contributed by atoms with Crippen molar-refractivity contribution in [2.75, 3.05) is 0 Å². The minimum absolute atomic E-state index is 0.0967. The Morgan fingerprint density at radius 2 is 2.00 bits per heavy atom. The van der Waals surface area contributed by atoms with Gasteiger partial charge in [0.2, 0.25) is 11.8 Å². The van der Waals surface area contributed by atoms with Crippen molar-refractivity contribution in [1.29, 1.82) is 0 Å². The lowest BCUT2D eigenvalue weighted by atomic mass is 9.92. The lowest BCUT2D eigenvalue weighted by Gasteiger charge is -2.22. The first kappa shape index (κ1) is 15.0. The standard InChI is InChI=1S/C12H19N3O4/c1-4-5-7-8(16)14-11(19)15(9(7)17)6-12(2,3)10(13)18/h17H,4-6H2,1-3H3,(H2,13,18)(H,14,16,19). The molecule has 19 heavy (non-hydrogen) atoms. The molecule has 0 unspecified atom stereocenters. The summed E-state index contributed by atoms with van der Waals surface area (Å²) in [5.41, 5.74) is 3.01. The molecule has 0 aromatic carbocycles. The third-order valence-corrected chi connectivity index (χ3v) is 2.99. The van der Waals surface area contributed by atoms with E-state index in [9.17, 15) is 19.5 Å². The van der Waals surface area contributed by atoms with Gasteiger partial charge in [-0.15, -0.1) is 0 Å². The Labute approximate surface area is 110 Å². The van der Waals surface area contributed by atoms with Crippen LogP contribution in [0.15, 0.2) is 9.59 Å². The molecule has 0 atom stereocenters. The van der Waals surface area contributed by atoms with E-state index >= 15 is 0 Å². The van der Waals surface area contributed by atoms with Crippen LogP contribution in [0.4, 0.5) is 0 Å². The van der Waals surface area contributed by atoms with Crippen LogP contribution < -0.4 is 17.0 Å². The fourth-order valence-corrected chi connectivity index (χ4v) is 1.70. The summed E-state index contributed by atoms with van der Waals surface area (Å²) < 4.78 is 0.969. The molecule has 0 aliphatic carbocycles. The fourth-order valence-electron chi connectivity index (χ4n) is 1.70. The molecule has 7 nitrogen and oxygen atoms in total. The summed E-state index contributed by atoms with van der Waals surface area (Å²) in [5, 5.41) is 10.0. The quantitative estimate of drug-likeness (QED) is 0.680. The average molecular weight is 269 g/mol. The maximum Gasteiger partial charge on any atom is 0.331 e. The second kappa shape index (κ2) is 5.29. The summed E-state index contributed by atoms with van der Waals surface area (Å²) in [6.07, 6.45) is 0.993. The fraction of sp³-hybridized carbons (Fsp3) is 0.583. The molecule has 7 heteroatoms. The van der Waals surface area contributed by atoms with E-state index in [0.717, 1.165) is 4.57 Å². The van der Waals surface area contributed by atoms with Crippen molar-refractivity contribution < 1.29 is 9.90 Å². The second-order valence-corrected chi connectivity index (χ2v) is 5.15. The molecule has 0 saturated carbocycles. The zero-order chi connectivity index (χ0) is 14.8. The number of nitrogens with two attached hydrogens (primary N) is 1. The molecule has 0 spiro atoms. The number of primary amides is 1. The Morgan fingerprint density at radius 1 is 1.42 bits per heavy atom. The van der Waals surface area contributed by atoms with Crippen LogP contribution in [-0.4, -0.2) is 20.6 Å². The van der Waals surface area contributed by atoms with Crippen molar-refractivity contribution in [2.45, 2.75) is 40.2 Å². The Hall–Kier alpha value is -2.05. The predicted molar refractivity (Wildman–Crippen MR) is 70.0 cm³/mol. The van der Waals surface area contributed by atoms with Gasteiger partial charge < -0.3 is 10.8 Å². The number of H-pyrrole nitrogens is 1. The smallest absolute Gasteiger partial charge is 0.331 e. The second-order valence-electron chi connectivity index (χ2n) is 5.15. The minimum atomic E-state index is -1.01. The van der Waals surface area contributed by atoms with Gasteiger partial charge in [-0.3, -0.25) is 19.1 Å². The summed E-state index contributed by atoms with van der Waals surface area (Å²) in [5.74, 6) is -0.994.